The molecule has 8 heteroatoms. The Kier molecular flexibility index (Phi) is 7.21. The molecule has 1 aromatic carbocycles. The molecule has 0 bridgehead atoms. The lowest BCUT2D eigenvalue weighted by Crippen LogP contribution is -2.46. The summed E-state index contributed by atoms with van der Waals surface area (Å²) in [5, 5.41) is 4.03. The summed E-state index contributed by atoms with van der Waals surface area (Å²) in [4.78, 5) is 19.0. The van der Waals surface area contributed by atoms with E-state index in [1.807, 2.05) is 36.7 Å². The molecule has 1 N–H and O–H groups in total. The van der Waals surface area contributed by atoms with Crippen LogP contribution in [0.4, 0.5) is 4.79 Å². The highest BCUT2D eigenvalue weighted by Crippen LogP contribution is 2.23. The standard InChI is InChI=1S/C20H26Cl2N4O2/c1-14(2)24-20(27)26(12-16-4-3-9-28-16)13-19-23-7-8-25(19)11-15-5-6-17(21)18(22)10-15/h5-8,10,14,16H,3-4,9,11-13H2,1-2H3,(H,24,27). The fourth-order valence-electron chi connectivity index (χ4n) is 3.23. The number of carbonyl (C=O) groups is 1. The van der Waals surface area contributed by atoms with Gasteiger partial charge in [-0.25, -0.2) is 9.78 Å². The monoisotopic (exact) mass is 424 g/mol. The molecule has 0 saturated carbocycles. The first-order chi connectivity index (χ1) is 13.4. The van der Waals surface area contributed by atoms with Crippen LogP contribution in [0.25, 0.3) is 0 Å². The number of rotatable bonds is 7. The maximum Gasteiger partial charge on any atom is 0.318 e. The van der Waals surface area contributed by atoms with Crippen molar-refractivity contribution in [2.24, 2.45) is 0 Å². The van der Waals surface area contributed by atoms with Crippen LogP contribution in [0, 0.1) is 0 Å². The van der Waals surface area contributed by atoms with Gasteiger partial charge < -0.3 is 19.5 Å². The summed E-state index contributed by atoms with van der Waals surface area (Å²) < 4.78 is 7.75. The maximum absolute atomic E-state index is 12.7. The maximum atomic E-state index is 12.7. The number of benzene rings is 1. The van der Waals surface area contributed by atoms with Crippen LogP contribution >= 0.6 is 23.2 Å². The molecule has 1 atom stereocenters. The van der Waals surface area contributed by atoms with Crippen molar-refractivity contribution in [1.82, 2.24) is 19.8 Å². The normalized spacial score (nSPS) is 16.5. The van der Waals surface area contributed by atoms with Crippen LogP contribution in [0.15, 0.2) is 30.6 Å². The van der Waals surface area contributed by atoms with Crippen molar-refractivity contribution in [3.8, 4) is 0 Å². The van der Waals surface area contributed by atoms with Gasteiger partial charge in [0.15, 0.2) is 0 Å². The molecule has 1 unspecified atom stereocenters. The van der Waals surface area contributed by atoms with Crippen LogP contribution in [0.5, 0.6) is 0 Å². The Morgan fingerprint density at radius 1 is 1.39 bits per heavy atom. The van der Waals surface area contributed by atoms with Crippen molar-refractivity contribution in [3.05, 3.63) is 52.0 Å². The summed E-state index contributed by atoms with van der Waals surface area (Å²) >= 11 is 12.1. The van der Waals surface area contributed by atoms with Crippen LogP contribution in [0.2, 0.25) is 10.0 Å². The summed E-state index contributed by atoms with van der Waals surface area (Å²) in [5.41, 5.74) is 1.02. The first kappa shape index (κ1) is 21.0. The van der Waals surface area contributed by atoms with Crippen molar-refractivity contribution in [3.63, 3.8) is 0 Å². The summed E-state index contributed by atoms with van der Waals surface area (Å²) in [6.45, 7) is 6.23. The van der Waals surface area contributed by atoms with Crippen molar-refractivity contribution >= 4 is 29.2 Å². The molecule has 1 aromatic heterocycles. The number of hydrogen-bond donors (Lipinski definition) is 1. The molecule has 2 aromatic rings. The average Bonchev–Trinajstić information content (AvgIpc) is 3.29. The lowest BCUT2D eigenvalue weighted by Gasteiger charge is -2.26. The Bertz CT molecular complexity index is 803. The average molecular weight is 425 g/mol. The molecule has 1 aliphatic heterocycles. The van der Waals surface area contributed by atoms with Gasteiger partial charge in [-0.3, -0.25) is 0 Å². The van der Waals surface area contributed by atoms with Gasteiger partial charge in [0, 0.05) is 38.1 Å². The highest BCUT2D eigenvalue weighted by molar-refractivity contribution is 6.42. The first-order valence-electron chi connectivity index (χ1n) is 9.53. The number of imidazole rings is 1. The molecule has 2 amide bonds. The van der Waals surface area contributed by atoms with Gasteiger partial charge in [0.25, 0.3) is 0 Å². The van der Waals surface area contributed by atoms with E-state index in [0.717, 1.165) is 30.8 Å². The zero-order valence-electron chi connectivity index (χ0n) is 16.2. The third-order valence-electron chi connectivity index (χ3n) is 4.62. The number of nitrogens with zero attached hydrogens (tertiary/aromatic N) is 3. The van der Waals surface area contributed by atoms with E-state index in [2.05, 4.69) is 10.3 Å². The second kappa shape index (κ2) is 9.63. The predicted octanol–water partition coefficient (Wildman–Crippen LogP) is 4.34. The molecule has 0 aliphatic carbocycles. The Labute approximate surface area is 175 Å². The van der Waals surface area contributed by atoms with Crippen molar-refractivity contribution < 1.29 is 9.53 Å². The van der Waals surface area contributed by atoms with E-state index in [-0.39, 0.29) is 18.2 Å². The quantitative estimate of drug-likeness (QED) is 0.718. The lowest BCUT2D eigenvalue weighted by molar-refractivity contribution is 0.0782. The second-order valence-corrected chi connectivity index (χ2v) is 8.15. The predicted molar refractivity (Wildman–Crippen MR) is 111 cm³/mol. The third kappa shape index (κ3) is 5.63. The molecule has 6 nitrogen and oxygen atoms in total. The van der Waals surface area contributed by atoms with Crippen molar-refractivity contribution in [2.45, 2.75) is 51.9 Å². The minimum atomic E-state index is -0.102. The number of ether oxygens (including phenoxy) is 1. The van der Waals surface area contributed by atoms with E-state index in [1.54, 1.807) is 17.2 Å². The highest BCUT2D eigenvalue weighted by atomic mass is 35.5. The van der Waals surface area contributed by atoms with Crippen LogP contribution < -0.4 is 5.32 Å². The minimum Gasteiger partial charge on any atom is -0.376 e. The fourth-order valence-corrected chi connectivity index (χ4v) is 3.55. The van der Waals surface area contributed by atoms with Gasteiger partial charge in [-0.05, 0) is 44.4 Å². The fraction of sp³-hybridized carbons (Fsp3) is 0.500. The summed E-state index contributed by atoms with van der Waals surface area (Å²) in [7, 11) is 0. The van der Waals surface area contributed by atoms with E-state index in [1.165, 1.54) is 0 Å². The van der Waals surface area contributed by atoms with Gasteiger partial charge in [-0.2, -0.15) is 0 Å². The molecule has 28 heavy (non-hydrogen) atoms. The number of nitrogens with one attached hydrogen (secondary N) is 1. The number of aromatic nitrogens is 2. The molecular formula is C20H26Cl2N4O2. The molecule has 152 valence electrons. The number of carbonyl (C=O) groups excluding carboxylic acids is 1. The van der Waals surface area contributed by atoms with Crippen LogP contribution in [0.1, 0.15) is 38.1 Å². The molecule has 0 spiro atoms. The molecule has 1 aliphatic rings. The largest absolute Gasteiger partial charge is 0.376 e. The Morgan fingerprint density at radius 2 is 2.21 bits per heavy atom. The van der Waals surface area contributed by atoms with Crippen molar-refractivity contribution in [1.29, 1.82) is 0 Å². The topological polar surface area (TPSA) is 59.4 Å². The molecule has 1 saturated heterocycles. The van der Waals surface area contributed by atoms with Crippen LogP contribution in [-0.4, -0.2) is 45.8 Å². The molecule has 0 radical (unpaired) electrons. The van der Waals surface area contributed by atoms with Gasteiger partial charge in [-0.15, -0.1) is 0 Å². The van der Waals surface area contributed by atoms with E-state index in [9.17, 15) is 4.79 Å². The van der Waals surface area contributed by atoms with E-state index < -0.39 is 0 Å². The van der Waals surface area contributed by atoms with Crippen LogP contribution in [-0.2, 0) is 17.8 Å². The SMILES string of the molecule is CC(C)NC(=O)N(Cc1nccn1Cc1ccc(Cl)c(Cl)c1)CC1CCCO1. The summed E-state index contributed by atoms with van der Waals surface area (Å²) in [6, 6.07) is 5.54. The Morgan fingerprint density at radius 3 is 2.89 bits per heavy atom. The minimum absolute atomic E-state index is 0.0652. The Hall–Kier alpha value is -1.76. The lowest BCUT2D eigenvalue weighted by atomic mass is 10.2. The van der Waals surface area contributed by atoms with Gasteiger partial charge in [-0.1, -0.05) is 29.3 Å². The smallest absolute Gasteiger partial charge is 0.318 e. The number of hydrogen-bond acceptors (Lipinski definition) is 3. The number of amides is 2. The highest BCUT2D eigenvalue weighted by Gasteiger charge is 2.24. The first-order valence-corrected chi connectivity index (χ1v) is 10.3. The summed E-state index contributed by atoms with van der Waals surface area (Å²) in [5.74, 6) is 0.808. The molecule has 2 heterocycles. The second-order valence-electron chi connectivity index (χ2n) is 7.34. The van der Waals surface area contributed by atoms with Gasteiger partial charge in [0.1, 0.15) is 5.82 Å². The van der Waals surface area contributed by atoms with Gasteiger partial charge in [0.05, 0.1) is 22.7 Å². The van der Waals surface area contributed by atoms with E-state index in [4.69, 9.17) is 27.9 Å². The zero-order chi connectivity index (χ0) is 20.1. The van der Waals surface area contributed by atoms with E-state index in [0.29, 0.717) is 29.7 Å². The van der Waals surface area contributed by atoms with E-state index >= 15 is 0 Å². The van der Waals surface area contributed by atoms with Gasteiger partial charge >= 0.3 is 6.03 Å². The zero-order valence-corrected chi connectivity index (χ0v) is 17.7. The van der Waals surface area contributed by atoms with Gasteiger partial charge in [0.2, 0.25) is 0 Å². The van der Waals surface area contributed by atoms with Crippen molar-refractivity contribution in [2.75, 3.05) is 13.2 Å². The summed E-state index contributed by atoms with van der Waals surface area (Å²) in [6.07, 6.45) is 5.75. The molecular weight excluding hydrogens is 399 g/mol. The number of urea groups is 1. The van der Waals surface area contributed by atoms with Crippen LogP contribution in [0.3, 0.4) is 0 Å². The number of halogens is 2. The molecule has 3 rings (SSSR count). The third-order valence-corrected chi connectivity index (χ3v) is 5.36. The Balaban J connectivity index is 1.73. The molecule has 1 fully saturated rings.